The van der Waals surface area contributed by atoms with Gasteiger partial charge in [0.1, 0.15) is 0 Å². The van der Waals surface area contributed by atoms with Gasteiger partial charge in [0, 0.05) is 24.7 Å². The van der Waals surface area contributed by atoms with Gasteiger partial charge in [-0.05, 0) is 19.3 Å². The first-order chi connectivity index (χ1) is 10.1. The molecular formula is C16H22N4O. The number of nitrogens with two attached hydrogens (primary N) is 1. The Balaban J connectivity index is 1.66. The maximum atomic E-state index is 6.05. The van der Waals surface area contributed by atoms with Crippen molar-refractivity contribution in [2.75, 3.05) is 13.1 Å². The smallest absolute Gasteiger partial charge is 0.241 e. The third-order valence-corrected chi connectivity index (χ3v) is 4.19. The van der Waals surface area contributed by atoms with E-state index in [1.807, 2.05) is 12.1 Å². The van der Waals surface area contributed by atoms with Gasteiger partial charge in [0.25, 0.3) is 0 Å². The number of rotatable bonds is 3. The summed E-state index contributed by atoms with van der Waals surface area (Å²) in [6.07, 6.45) is 1.03. The van der Waals surface area contributed by atoms with E-state index in [9.17, 15) is 0 Å². The lowest BCUT2D eigenvalue weighted by Crippen LogP contribution is -2.45. The topological polar surface area (TPSA) is 68.2 Å². The Morgan fingerprint density at radius 1 is 1.33 bits per heavy atom. The van der Waals surface area contributed by atoms with Gasteiger partial charge in [-0.15, -0.1) is 0 Å². The van der Waals surface area contributed by atoms with Gasteiger partial charge in [-0.3, -0.25) is 4.90 Å². The molecule has 0 bridgehead atoms. The Bertz CT molecular complexity index is 593. The molecule has 2 unspecified atom stereocenters. The minimum absolute atomic E-state index is 0.312. The quantitative estimate of drug-likeness (QED) is 0.937. The average molecular weight is 286 g/mol. The first-order valence-corrected chi connectivity index (χ1v) is 7.49. The fraction of sp³-hybridized carbons (Fsp3) is 0.500. The molecule has 1 aromatic carbocycles. The second-order valence-electron chi connectivity index (χ2n) is 6.04. The second-order valence-corrected chi connectivity index (χ2v) is 6.04. The van der Waals surface area contributed by atoms with Gasteiger partial charge in [-0.25, -0.2) is 0 Å². The standard InChI is InChI=1S/C16H22N4O/c1-11-3-5-13(6-4-11)16-18-15(21-19-16)10-20-8-7-14(17)12(2)9-20/h3-6,12,14H,7-10,17H2,1-2H3. The van der Waals surface area contributed by atoms with Gasteiger partial charge in [0.05, 0.1) is 6.54 Å². The first kappa shape index (κ1) is 14.2. The van der Waals surface area contributed by atoms with E-state index in [1.54, 1.807) is 0 Å². The molecule has 5 heteroatoms. The van der Waals surface area contributed by atoms with Crippen molar-refractivity contribution in [1.82, 2.24) is 15.0 Å². The number of aryl methyl sites for hydroxylation is 1. The molecule has 2 atom stereocenters. The molecule has 1 aliphatic heterocycles. The maximum Gasteiger partial charge on any atom is 0.241 e. The van der Waals surface area contributed by atoms with Crippen LogP contribution in [-0.4, -0.2) is 34.2 Å². The van der Waals surface area contributed by atoms with E-state index in [0.717, 1.165) is 25.1 Å². The van der Waals surface area contributed by atoms with Crippen molar-refractivity contribution in [3.8, 4) is 11.4 Å². The summed E-state index contributed by atoms with van der Waals surface area (Å²) in [5, 5.41) is 4.08. The Morgan fingerprint density at radius 2 is 2.10 bits per heavy atom. The molecule has 0 saturated carbocycles. The molecule has 0 spiro atoms. The number of nitrogens with zero attached hydrogens (tertiary/aromatic N) is 3. The van der Waals surface area contributed by atoms with Crippen molar-refractivity contribution >= 4 is 0 Å². The monoisotopic (exact) mass is 286 g/mol. The van der Waals surface area contributed by atoms with Crippen molar-refractivity contribution < 1.29 is 4.52 Å². The molecular weight excluding hydrogens is 264 g/mol. The van der Waals surface area contributed by atoms with Gasteiger partial charge in [0.2, 0.25) is 11.7 Å². The van der Waals surface area contributed by atoms with Crippen molar-refractivity contribution in [1.29, 1.82) is 0 Å². The van der Waals surface area contributed by atoms with Gasteiger partial charge in [-0.1, -0.05) is 41.9 Å². The van der Waals surface area contributed by atoms with Crippen LogP contribution in [0.25, 0.3) is 11.4 Å². The number of piperidine rings is 1. The van der Waals surface area contributed by atoms with Crippen molar-refractivity contribution in [2.45, 2.75) is 32.9 Å². The van der Waals surface area contributed by atoms with Crippen LogP contribution in [0.4, 0.5) is 0 Å². The Hall–Kier alpha value is -1.72. The van der Waals surface area contributed by atoms with E-state index in [2.05, 4.69) is 41.0 Å². The molecule has 0 aliphatic carbocycles. The summed E-state index contributed by atoms with van der Waals surface area (Å²) in [6, 6.07) is 8.46. The van der Waals surface area contributed by atoms with Crippen LogP contribution in [0.3, 0.4) is 0 Å². The van der Waals surface area contributed by atoms with Gasteiger partial charge < -0.3 is 10.3 Å². The fourth-order valence-corrected chi connectivity index (χ4v) is 2.72. The van der Waals surface area contributed by atoms with Crippen LogP contribution in [0.5, 0.6) is 0 Å². The average Bonchev–Trinajstić information content (AvgIpc) is 2.92. The van der Waals surface area contributed by atoms with Crippen LogP contribution < -0.4 is 5.73 Å². The summed E-state index contributed by atoms with van der Waals surface area (Å²) >= 11 is 0. The molecule has 2 heterocycles. The van der Waals surface area contributed by atoms with Crippen molar-refractivity contribution in [3.05, 3.63) is 35.7 Å². The first-order valence-electron chi connectivity index (χ1n) is 7.49. The minimum atomic E-state index is 0.312. The van der Waals surface area contributed by atoms with Crippen LogP contribution in [-0.2, 0) is 6.54 Å². The molecule has 3 rings (SSSR count). The number of hydrogen-bond acceptors (Lipinski definition) is 5. The SMILES string of the molecule is Cc1ccc(-c2noc(CN3CCC(N)C(C)C3)n2)cc1. The van der Waals surface area contributed by atoms with E-state index in [4.69, 9.17) is 10.3 Å². The van der Waals surface area contributed by atoms with Crippen LogP contribution in [0.2, 0.25) is 0 Å². The highest BCUT2D eigenvalue weighted by Crippen LogP contribution is 2.19. The number of likely N-dealkylation sites (tertiary alicyclic amines) is 1. The van der Waals surface area contributed by atoms with E-state index in [1.165, 1.54) is 5.56 Å². The highest BCUT2D eigenvalue weighted by Gasteiger charge is 2.24. The predicted octanol–water partition coefficient (Wildman–Crippen LogP) is 2.21. The van der Waals surface area contributed by atoms with Crippen LogP contribution in [0.15, 0.2) is 28.8 Å². The molecule has 1 aromatic heterocycles. The fourth-order valence-electron chi connectivity index (χ4n) is 2.72. The van der Waals surface area contributed by atoms with Crippen LogP contribution in [0.1, 0.15) is 24.8 Å². The summed E-state index contributed by atoms with van der Waals surface area (Å²) in [6.45, 7) is 6.95. The second kappa shape index (κ2) is 5.95. The van der Waals surface area contributed by atoms with Crippen molar-refractivity contribution in [2.24, 2.45) is 11.7 Å². The van der Waals surface area contributed by atoms with E-state index < -0.39 is 0 Å². The highest BCUT2D eigenvalue weighted by atomic mass is 16.5. The molecule has 5 nitrogen and oxygen atoms in total. The van der Waals surface area contributed by atoms with E-state index in [-0.39, 0.29) is 0 Å². The zero-order chi connectivity index (χ0) is 14.8. The Morgan fingerprint density at radius 3 is 2.81 bits per heavy atom. The summed E-state index contributed by atoms with van der Waals surface area (Å²) in [4.78, 5) is 6.83. The molecule has 1 saturated heterocycles. The molecule has 0 amide bonds. The van der Waals surface area contributed by atoms with Gasteiger partial charge in [-0.2, -0.15) is 4.98 Å². The number of hydrogen-bond donors (Lipinski definition) is 1. The molecule has 0 radical (unpaired) electrons. The molecule has 112 valence electrons. The molecule has 21 heavy (non-hydrogen) atoms. The Labute approximate surface area is 125 Å². The Kier molecular flexibility index (Phi) is 4.03. The third kappa shape index (κ3) is 3.31. The van der Waals surface area contributed by atoms with Crippen LogP contribution >= 0.6 is 0 Å². The molecule has 2 N–H and O–H groups in total. The summed E-state index contributed by atoms with van der Waals surface area (Å²) in [5.74, 6) is 1.85. The van der Waals surface area contributed by atoms with E-state index in [0.29, 0.717) is 30.2 Å². The molecule has 1 fully saturated rings. The lowest BCUT2D eigenvalue weighted by Gasteiger charge is -2.34. The summed E-state index contributed by atoms with van der Waals surface area (Å²) < 4.78 is 5.38. The summed E-state index contributed by atoms with van der Waals surface area (Å²) in [5.41, 5.74) is 8.26. The van der Waals surface area contributed by atoms with Gasteiger partial charge in [0.15, 0.2) is 0 Å². The molecule has 2 aromatic rings. The molecule has 1 aliphatic rings. The zero-order valence-corrected chi connectivity index (χ0v) is 12.6. The lowest BCUT2D eigenvalue weighted by molar-refractivity contribution is 0.142. The zero-order valence-electron chi connectivity index (χ0n) is 12.6. The number of benzene rings is 1. The number of aromatic nitrogens is 2. The maximum absolute atomic E-state index is 6.05. The van der Waals surface area contributed by atoms with Gasteiger partial charge >= 0.3 is 0 Å². The normalized spacial score (nSPS) is 23.4. The largest absolute Gasteiger partial charge is 0.338 e. The minimum Gasteiger partial charge on any atom is -0.338 e. The predicted molar refractivity (Wildman–Crippen MR) is 81.5 cm³/mol. The lowest BCUT2D eigenvalue weighted by atomic mass is 9.95. The third-order valence-electron chi connectivity index (χ3n) is 4.19. The highest BCUT2D eigenvalue weighted by molar-refractivity contribution is 5.54. The van der Waals surface area contributed by atoms with Crippen molar-refractivity contribution in [3.63, 3.8) is 0 Å². The van der Waals surface area contributed by atoms with E-state index >= 15 is 0 Å². The van der Waals surface area contributed by atoms with Crippen LogP contribution in [0, 0.1) is 12.8 Å². The summed E-state index contributed by atoms with van der Waals surface area (Å²) in [7, 11) is 0.